The number of hydrogen-bond acceptors (Lipinski definition) is 3. The Bertz CT molecular complexity index is 617. The van der Waals surface area contributed by atoms with Gasteiger partial charge in [0.05, 0.1) is 10.9 Å². The summed E-state index contributed by atoms with van der Waals surface area (Å²) in [5.74, 6) is -2.42. The quantitative estimate of drug-likeness (QED) is 0.930. The van der Waals surface area contributed by atoms with Gasteiger partial charge in [0, 0.05) is 19.4 Å². The Hall–Kier alpha value is -1.85. The summed E-state index contributed by atoms with van der Waals surface area (Å²) in [4.78, 5) is 8.03. The minimum absolute atomic E-state index is 0.0375. The Balaban J connectivity index is 1.66. The molecule has 3 rings (SSSR count). The van der Waals surface area contributed by atoms with E-state index in [1.165, 1.54) is 12.4 Å². The molecule has 106 valence electrons. The molecule has 1 heterocycles. The molecule has 1 aliphatic rings. The van der Waals surface area contributed by atoms with Gasteiger partial charge in [-0.1, -0.05) is 6.07 Å². The zero-order valence-corrected chi connectivity index (χ0v) is 10.7. The molecule has 1 aromatic heterocycles. The van der Waals surface area contributed by atoms with Gasteiger partial charge in [0.1, 0.15) is 18.0 Å². The van der Waals surface area contributed by atoms with Gasteiger partial charge >= 0.3 is 0 Å². The van der Waals surface area contributed by atoms with Crippen LogP contribution in [0, 0.1) is 11.7 Å². The number of nitrogens with one attached hydrogen (secondary N) is 1. The fourth-order valence-corrected chi connectivity index (χ4v) is 2.59. The second kappa shape index (κ2) is 4.92. The predicted molar refractivity (Wildman–Crippen MR) is 70.3 cm³/mol. The molecule has 0 unspecified atom stereocenters. The lowest BCUT2D eigenvalue weighted by atomic mass is 9.79. The van der Waals surface area contributed by atoms with Gasteiger partial charge in [-0.25, -0.2) is 23.1 Å². The molecule has 1 N–H and O–H groups in total. The monoisotopic (exact) mass is 281 g/mol. The van der Waals surface area contributed by atoms with Gasteiger partial charge < -0.3 is 5.32 Å². The summed E-state index contributed by atoms with van der Waals surface area (Å²) in [5.41, 5.74) is 0.526. The van der Waals surface area contributed by atoms with Crippen molar-refractivity contribution < 1.29 is 13.2 Å². The normalized spacial score (nSPS) is 17.9. The molecule has 2 aromatic rings. The maximum Gasteiger partial charge on any atom is 0.248 e. The highest BCUT2D eigenvalue weighted by atomic mass is 19.3. The van der Waals surface area contributed by atoms with Crippen molar-refractivity contribution in [3.63, 3.8) is 0 Å². The predicted octanol–water partition coefficient (Wildman–Crippen LogP) is 3.62. The van der Waals surface area contributed by atoms with Crippen LogP contribution in [0.25, 0.3) is 10.9 Å². The number of fused-ring (bicyclic) bond motifs is 1. The third-order valence-corrected chi connectivity index (χ3v) is 3.63. The zero-order chi connectivity index (χ0) is 14.2. The molecule has 3 nitrogen and oxygen atoms in total. The number of anilines is 1. The lowest BCUT2D eigenvalue weighted by Gasteiger charge is -2.34. The molecule has 1 fully saturated rings. The molecule has 20 heavy (non-hydrogen) atoms. The van der Waals surface area contributed by atoms with Crippen molar-refractivity contribution in [3.8, 4) is 0 Å². The molecule has 0 saturated heterocycles. The van der Waals surface area contributed by atoms with Crippen LogP contribution >= 0.6 is 0 Å². The summed E-state index contributed by atoms with van der Waals surface area (Å²) in [6.45, 7) is 0.501. The van der Waals surface area contributed by atoms with E-state index in [0.29, 0.717) is 29.7 Å². The van der Waals surface area contributed by atoms with Crippen LogP contribution < -0.4 is 5.32 Å². The highest BCUT2D eigenvalue weighted by Gasteiger charge is 2.44. The van der Waals surface area contributed by atoms with Crippen LogP contribution in [0.15, 0.2) is 24.5 Å². The van der Waals surface area contributed by atoms with Gasteiger partial charge in [0.25, 0.3) is 0 Å². The third kappa shape index (κ3) is 2.55. The van der Waals surface area contributed by atoms with Gasteiger partial charge in [-0.2, -0.15) is 0 Å². The van der Waals surface area contributed by atoms with Gasteiger partial charge in [-0.3, -0.25) is 0 Å². The van der Waals surface area contributed by atoms with Gasteiger partial charge in [-0.05, 0) is 24.5 Å². The summed E-state index contributed by atoms with van der Waals surface area (Å²) < 4.78 is 39.2. The zero-order valence-electron chi connectivity index (χ0n) is 10.7. The first-order valence-electron chi connectivity index (χ1n) is 6.56. The number of aromatic nitrogens is 2. The van der Waals surface area contributed by atoms with Crippen LogP contribution in [0.4, 0.5) is 19.0 Å². The van der Waals surface area contributed by atoms with Crippen LogP contribution in [0.1, 0.15) is 19.3 Å². The van der Waals surface area contributed by atoms with Crippen molar-refractivity contribution in [2.45, 2.75) is 25.2 Å². The van der Waals surface area contributed by atoms with Crippen LogP contribution in [-0.4, -0.2) is 22.4 Å². The van der Waals surface area contributed by atoms with E-state index in [9.17, 15) is 13.2 Å². The summed E-state index contributed by atoms with van der Waals surface area (Å²) in [6, 6.07) is 4.64. The highest BCUT2D eigenvalue weighted by Crippen LogP contribution is 2.43. The summed E-state index contributed by atoms with van der Waals surface area (Å²) >= 11 is 0. The number of rotatable bonds is 4. The molecule has 1 aliphatic carbocycles. The molecule has 0 atom stereocenters. The molecule has 1 saturated carbocycles. The standard InChI is InChI=1S/C14H14F3N3/c15-10-2-1-3-11-12(10)13(20-8-19-11)18-5-4-9-6-14(16,17)7-9/h1-3,8-9H,4-7H2,(H,18,19,20). The first-order valence-corrected chi connectivity index (χ1v) is 6.56. The molecule has 1 aromatic carbocycles. The van der Waals surface area contributed by atoms with Gasteiger partial charge in [0.2, 0.25) is 5.92 Å². The maximum absolute atomic E-state index is 13.8. The van der Waals surface area contributed by atoms with E-state index < -0.39 is 5.92 Å². The largest absolute Gasteiger partial charge is 0.369 e. The van der Waals surface area contributed by atoms with Crippen LogP contribution in [0.5, 0.6) is 0 Å². The molecule has 6 heteroatoms. The average Bonchev–Trinajstić information content (AvgIpc) is 2.37. The Kier molecular flexibility index (Phi) is 3.23. The SMILES string of the molecule is Fc1cccc2ncnc(NCCC3CC(F)(F)C3)c12. The van der Waals surface area contributed by atoms with E-state index in [-0.39, 0.29) is 24.6 Å². The molecule has 0 amide bonds. The van der Waals surface area contributed by atoms with Crippen molar-refractivity contribution in [3.05, 3.63) is 30.3 Å². The van der Waals surface area contributed by atoms with Crippen LogP contribution in [0.2, 0.25) is 0 Å². The summed E-state index contributed by atoms with van der Waals surface area (Å²) in [6.07, 6.45) is 1.90. The second-order valence-corrected chi connectivity index (χ2v) is 5.20. The van der Waals surface area contributed by atoms with Crippen molar-refractivity contribution >= 4 is 16.7 Å². The summed E-state index contributed by atoms with van der Waals surface area (Å²) in [7, 11) is 0. The number of alkyl halides is 2. The van der Waals surface area contributed by atoms with Gasteiger partial charge in [-0.15, -0.1) is 0 Å². The number of hydrogen-bond donors (Lipinski definition) is 1. The summed E-state index contributed by atoms with van der Waals surface area (Å²) in [5, 5.41) is 3.36. The molecule has 0 radical (unpaired) electrons. The number of benzene rings is 1. The molecule has 0 spiro atoms. The van der Waals surface area contributed by atoms with Crippen molar-refractivity contribution in [1.29, 1.82) is 0 Å². The Morgan fingerprint density at radius 1 is 1.25 bits per heavy atom. The Morgan fingerprint density at radius 2 is 2.05 bits per heavy atom. The van der Waals surface area contributed by atoms with Crippen molar-refractivity contribution in [1.82, 2.24) is 9.97 Å². The van der Waals surface area contributed by atoms with Crippen LogP contribution in [-0.2, 0) is 0 Å². The van der Waals surface area contributed by atoms with Gasteiger partial charge in [0.15, 0.2) is 0 Å². The van der Waals surface area contributed by atoms with E-state index >= 15 is 0 Å². The first kappa shape index (κ1) is 13.1. The van der Waals surface area contributed by atoms with E-state index in [1.807, 2.05) is 0 Å². The molecular weight excluding hydrogens is 267 g/mol. The first-order chi connectivity index (χ1) is 9.55. The third-order valence-electron chi connectivity index (χ3n) is 3.63. The lowest BCUT2D eigenvalue weighted by Crippen LogP contribution is -2.36. The Morgan fingerprint density at radius 3 is 2.80 bits per heavy atom. The lowest BCUT2D eigenvalue weighted by molar-refractivity contribution is -0.111. The molecular formula is C14H14F3N3. The molecule has 0 aliphatic heterocycles. The van der Waals surface area contributed by atoms with Crippen molar-refractivity contribution in [2.75, 3.05) is 11.9 Å². The highest BCUT2D eigenvalue weighted by molar-refractivity contribution is 5.89. The minimum Gasteiger partial charge on any atom is -0.369 e. The van der Waals surface area contributed by atoms with E-state index in [2.05, 4.69) is 15.3 Å². The van der Waals surface area contributed by atoms with Crippen LogP contribution in [0.3, 0.4) is 0 Å². The Labute approximate surface area is 114 Å². The van der Waals surface area contributed by atoms with E-state index in [0.717, 1.165) is 0 Å². The van der Waals surface area contributed by atoms with Crippen molar-refractivity contribution in [2.24, 2.45) is 5.92 Å². The maximum atomic E-state index is 13.8. The van der Waals surface area contributed by atoms with E-state index in [1.54, 1.807) is 12.1 Å². The minimum atomic E-state index is -2.49. The smallest absolute Gasteiger partial charge is 0.248 e. The molecule has 0 bridgehead atoms. The topological polar surface area (TPSA) is 37.8 Å². The number of halogens is 3. The van der Waals surface area contributed by atoms with E-state index in [4.69, 9.17) is 0 Å². The fourth-order valence-electron chi connectivity index (χ4n) is 2.59. The average molecular weight is 281 g/mol. The number of nitrogens with zero attached hydrogens (tertiary/aromatic N) is 2. The fraction of sp³-hybridized carbons (Fsp3) is 0.429. The second-order valence-electron chi connectivity index (χ2n) is 5.20.